The van der Waals surface area contributed by atoms with Gasteiger partial charge in [0.15, 0.2) is 0 Å². The number of pyridine rings is 1. The third-order valence-electron chi connectivity index (χ3n) is 3.56. The number of carbonyl (C=O) groups is 1. The Kier molecular flexibility index (Phi) is 6.07. The summed E-state index contributed by atoms with van der Waals surface area (Å²) in [4.78, 5) is 18.1. The number of amides is 1. The molecule has 1 N–H and O–H groups in total. The van der Waals surface area contributed by atoms with Crippen LogP contribution in [0.4, 0.5) is 4.79 Å². The second-order valence-electron chi connectivity index (χ2n) is 6.57. The number of ether oxygens (including phenoxy) is 2. The molecule has 6 nitrogen and oxygen atoms in total. The zero-order chi connectivity index (χ0) is 17.0. The average molecular weight is 433 g/mol. The summed E-state index contributed by atoms with van der Waals surface area (Å²) >= 11 is 2.28. The van der Waals surface area contributed by atoms with Crippen LogP contribution in [0.25, 0.3) is 0 Å². The van der Waals surface area contributed by atoms with Crippen molar-refractivity contribution in [3.63, 3.8) is 0 Å². The fourth-order valence-corrected chi connectivity index (χ4v) is 3.03. The number of carbonyl (C=O) groups excluding carboxylic acids is 1. The number of rotatable bonds is 4. The highest BCUT2D eigenvalue weighted by Gasteiger charge is 2.29. The van der Waals surface area contributed by atoms with Crippen LogP contribution in [0.15, 0.2) is 12.3 Å². The molecule has 1 fully saturated rings. The summed E-state index contributed by atoms with van der Waals surface area (Å²) in [7, 11) is 1.63. The Bertz CT molecular complexity index is 560. The van der Waals surface area contributed by atoms with Crippen molar-refractivity contribution in [3.05, 3.63) is 21.4 Å². The Morgan fingerprint density at radius 2 is 2.26 bits per heavy atom. The van der Waals surface area contributed by atoms with E-state index in [4.69, 9.17) is 9.47 Å². The Labute approximate surface area is 151 Å². The minimum absolute atomic E-state index is 0.240. The van der Waals surface area contributed by atoms with E-state index in [9.17, 15) is 4.79 Å². The van der Waals surface area contributed by atoms with Gasteiger partial charge in [-0.2, -0.15) is 0 Å². The molecular formula is C16H24IN3O3. The van der Waals surface area contributed by atoms with Gasteiger partial charge in [-0.15, -0.1) is 0 Å². The maximum absolute atomic E-state index is 12.1. The smallest absolute Gasteiger partial charge is 0.410 e. The molecule has 128 valence electrons. The van der Waals surface area contributed by atoms with Crippen molar-refractivity contribution in [2.45, 2.75) is 45.4 Å². The maximum Gasteiger partial charge on any atom is 0.410 e. The first-order chi connectivity index (χ1) is 10.8. The molecule has 2 rings (SSSR count). The standard InChI is InChI=1S/C16H24IN3O3/c1-16(2,3)23-15(21)20-8-6-11(10-20)19-9-12-13(17)5-7-18-14(12)22-4/h5,7,11,19H,6,8-10H2,1-4H3. The molecule has 0 radical (unpaired) electrons. The van der Waals surface area contributed by atoms with Crippen LogP contribution in [0.2, 0.25) is 0 Å². The molecule has 0 spiro atoms. The predicted octanol–water partition coefficient (Wildman–Crippen LogP) is 2.79. The molecule has 1 saturated heterocycles. The lowest BCUT2D eigenvalue weighted by atomic mass is 10.2. The number of hydrogen-bond acceptors (Lipinski definition) is 5. The van der Waals surface area contributed by atoms with Gasteiger partial charge in [-0.25, -0.2) is 9.78 Å². The molecule has 7 heteroatoms. The van der Waals surface area contributed by atoms with Crippen molar-refractivity contribution in [3.8, 4) is 5.88 Å². The number of hydrogen-bond donors (Lipinski definition) is 1. The summed E-state index contributed by atoms with van der Waals surface area (Å²) in [6, 6.07) is 2.21. The Morgan fingerprint density at radius 1 is 1.52 bits per heavy atom. The predicted molar refractivity (Wildman–Crippen MR) is 96.6 cm³/mol. The Hall–Kier alpha value is -1.09. The van der Waals surface area contributed by atoms with Gasteiger partial charge in [-0.05, 0) is 55.8 Å². The van der Waals surface area contributed by atoms with Crippen LogP contribution in [-0.2, 0) is 11.3 Å². The second-order valence-corrected chi connectivity index (χ2v) is 7.74. The molecule has 1 aromatic heterocycles. The second kappa shape index (κ2) is 7.65. The minimum atomic E-state index is -0.457. The summed E-state index contributed by atoms with van der Waals surface area (Å²) in [6.07, 6.45) is 2.41. The third-order valence-corrected chi connectivity index (χ3v) is 4.57. The summed E-state index contributed by atoms with van der Waals surface area (Å²) in [5, 5.41) is 3.49. The zero-order valence-electron chi connectivity index (χ0n) is 14.1. The van der Waals surface area contributed by atoms with E-state index in [1.54, 1.807) is 18.2 Å². The van der Waals surface area contributed by atoms with Crippen LogP contribution < -0.4 is 10.1 Å². The first kappa shape index (κ1) is 18.3. The first-order valence-electron chi connectivity index (χ1n) is 7.69. The number of halogens is 1. The van der Waals surface area contributed by atoms with Crippen LogP contribution >= 0.6 is 22.6 Å². The van der Waals surface area contributed by atoms with Crippen LogP contribution in [0.3, 0.4) is 0 Å². The molecule has 1 aromatic rings. The quantitative estimate of drug-likeness (QED) is 0.741. The van der Waals surface area contributed by atoms with Crippen LogP contribution in [0.5, 0.6) is 5.88 Å². The average Bonchev–Trinajstić information content (AvgIpc) is 2.93. The highest BCUT2D eigenvalue weighted by atomic mass is 127. The largest absolute Gasteiger partial charge is 0.481 e. The van der Waals surface area contributed by atoms with Crippen LogP contribution in [-0.4, -0.2) is 47.8 Å². The Morgan fingerprint density at radius 3 is 2.91 bits per heavy atom. The van der Waals surface area contributed by atoms with Gasteiger partial charge in [-0.3, -0.25) is 0 Å². The molecule has 1 aliphatic heterocycles. The van der Waals surface area contributed by atoms with E-state index in [0.717, 1.165) is 15.6 Å². The van der Waals surface area contributed by atoms with Crippen LogP contribution in [0.1, 0.15) is 32.8 Å². The van der Waals surface area contributed by atoms with Crippen molar-refractivity contribution in [1.82, 2.24) is 15.2 Å². The first-order valence-corrected chi connectivity index (χ1v) is 8.76. The zero-order valence-corrected chi connectivity index (χ0v) is 16.2. The van der Waals surface area contributed by atoms with Crippen LogP contribution in [0, 0.1) is 3.57 Å². The van der Waals surface area contributed by atoms with Crippen molar-refractivity contribution < 1.29 is 14.3 Å². The third kappa shape index (κ3) is 5.20. The lowest BCUT2D eigenvalue weighted by molar-refractivity contribution is 0.0291. The molecule has 1 atom stereocenters. The SMILES string of the molecule is COc1nccc(I)c1CNC1CCN(C(=O)OC(C)(C)C)C1. The Balaban J connectivity index is 1.88. The monoisotopic (exact) mass is 433 g/mol. The molecule has 1 unspecified atom stereocenters. The molecule has 23 heavy (non-hydrogen) atoms. The summed E-state index contributed by atoms with van der Waals surface area (Å²) in [5.74, 6) is 0.645. The lowest BCUT2D eigenvalue weighted by Crippen LogP contribution is -2.38. The molecule has 2 heterocycles. The molecule has 0 aliphatic carbocycles. The van der Waals surface area contributed by atoms with E-state index in [0.29, 0.717) is 25.5 Å². The van der Waals surface area contributed by atoms with Gasteiger partial charge in [0, 0.05) is 41.0 Å². The van der Waals surface area contributed by atoms with Gasteiger partial charge >= 0.3 is 6.09 Å². The molecule has 1 amide bonds. The van der Waals surface area contributed by atoms with E-state index in [1.165, 1.54) is 0 Å². The minimum Gasteiger partial charge on any atom is -0.481 e. The number of nitrogens with one attached hydrogen (secondary N) is 1. The van der Waals surface area contributed by atoms with Crippen molar-refractivity contribution >= 4 is 28.7 Å². The van der Waals surface area contributed by atoms with E-state index in [1.807, 2.05) is 26.8 Å². The van der Waals surface area contributed by atoms with E-state index < -0.39 is 5.60 Å². The highest BCUT2D eigenvalue weighted by Crippen LogP contribution is 2.22. The van der Waals surface area contributed by atoms with Crippen molar-refractivity contribution in [2.75, 3.05) is 20.2 Å². The fourth-order valence-electron chi connectivity index (χ4n) is 2.45. The van der Waals surface area contributed by atoms with E-state index in [-0.39, 0.29) is 12.1 Å². The van der Waals surface area contributed by atoms with Crippen molar-refractivity contribution in [1.29, 1.82) is 0 Å². The van der Waals surface area contributed by atoms with E-state index in [2.05, 4.69) is 32.9 Å². The number of aromatic nitrogens is 1. The van der Waals surface area contributed by atoms with E-state index >= 15 is 0 Å². The summed E-state index contributed by atoms with van der Waals surface area (Å²) in [6.45, 7) is 7.69. The normalized spacial score (nSPS) is 18.1. The molecule has 1 aliphatic rings. The number of likely N-dealkylation sites (tertiary alicyclic amines) is 1. The van der Waals surface area contributed by atoms with Gasteiger partial charge in [0.25, 0.3) is 0 Å². The molecule has 0 bridgehead atoms. The maximum atomic E-state index is 12.1. The highest BCUT2D eigenvalue weighted by molar-refractivity contribution is 14.1. The van der Waals surface area contributed by atoms with Gasteiger partial charge in [0.1, 0.15) is 5.60 Å². The number of methoxy groups -OCH3 is 1. The van der Waals surface area contributed by atoms with Gasteiger partial charge in [-0.1, -0.05) is 0 Å². The topological polar surface area (TPSA) is 63.7 Å². The van der Waals surface area contributed by atoms with Gasteiger partial charge in [0.2, 0.25) is 5.88 Å². The van der Waals surface area contributed by atoms with Gasteiger partial charge < -0.3 is 19.7 Å². The fraction of sp³-hybridized carbons (Fsp3) is 0.625. The molecular weight excluding hydrogens is 409 g/mol. The van der Waals surface area contributed by atoms with Gasteiger partial charge in [0.05, 0.1) is 7.11 Å². The lowest BCUT2D eigenvalue weighted by Gasteiger charge is -2.24. The number of nitrogens with zero attached hydrogens (tertiary/aromatic N) is 2. The molecule has 0 saturated carbocycles. The van der Waals surface area contributed by atoms with Crippen molar-refractivity contribution in [2.24, 2.45) is 0 Å². The summed E-state index contributed by atoms with van der Waals surface area (Å²) in [5.41, 5.74) is 0.591. The summed E-state index contributed by atoms with van der Waals surface area (Å²) < 4.78 is 11.8. The molecule has 0 aromatic carbocycles.